The van der Waals surface area contributed by atoms with Gasteiger partial charge in [0.1, 0.15) is 6.54 Å². The van der Waals surface area contributed by atoms with Crippen molar-refractivity contribution in [1.82, 2.24) is 0 Å². The lowest BCUT2D eigenvalue weighted by molar-refractivity contribution is -0.135. The van der Waals surface area contributed by atoms with Gasteiger partial charge in [0.25, 0.3) is 5.91 Å². The number of benzene rings is 1. The molecule has 0 saturated heterocycles. The third-order valence-electron chi connectivity index (χ3n) is 2.62. The second-order valence-corrected chi connectivity index (χ2v) is 6.09. The van der Waals surface area contributed by atoms with Crippen molar-refractivity contribution in [3.8, 4) is 0 Å². The van der Waals surface area contributed by atoms with Crippen LogP contribution in [0.1, 0.15) is 31.1 Å². The zero-order valence-corrected chi connectivity index (χ0v) is 12.7. The molecule has 0 fully saturated rings. The van der Waals surface area contributed by atoms with E-state index in [-0.39, 0.29) is 6.54 Å². The van der Waals surface area contributed by atoms with E-state index in [1.165, 1.54) is 0 Å². The number of nitrogens with zero attached hydrogens (tertiary/aromatic N) is 1. The number of primary amides is 1. The summed E-state index contributed by atoms with van der Waals surface area (Å²) in [5.41, 5.74) is 5.71. The monoisotopic (exact) mass is 328 g/mol. The quantitative estimate of drug-likeness (QED) is 0.887. The first kappa shape index (κ1) is 15.5. The number of carboxylic acid groups (broad SMARTS) is 1. The molecule has 0 aliphatic rings. The predicted molar refractivity (Wildman–Crippen MR) is 77.4 cm³/mol. The van der Waals surface area contributed by atoms with Crippen LogP contribution in [0, 0.1) is 0 Å². The summed E-state index contributed by atoms with van der Waals surface area (Å²) >= 11 is 3.32. The van der Waals surface area contributed by atoms with Crippen molar-refractivity contribution in [3.63, 3.8) is 0 Å². The Morgan fingerprint density at radius 1 is 1.37 bits per heavy atom. The fraction of sp³-hybridized carbons (Fsp3) is 0.385. The molecule has 0 saturated carbocycles. The van der Waals surface area contributed by atoms with Crippen LogP contribution in [0.3, 0.4) is 0 Å². The van der Waals surface area contributed by atoms with E-state index in [0.29, 0.717) is 11.3 Å². The van der Waals surface area contributed by atoms with Gasteiger partial charge in [-0.05, 0) is 39.0 Å². The molecule has 1 aromatic rings. The van der Waals surface area contributed by atoms with Crippen molar-refractivity contribution in [2.75, 3.05) is 11.4 Å². The average Bonchev–Trinajstić information content (AvgIpc) is 2.23. The largest absolute Gasteiger partial charge is 0.480 e. The summed E-state index contributed by atoms with van der Waals surface area (Å²) in [6.45, 7) is 5.42. The lowest BCUT2D eigenvalue weighted by atomic mass is 10.0. The number of hydrogen-bond acceptors (Lipinski definition) is 3. The molecule has 1 amide bonds. The molecule has 0 atom stereocenters. The van der Waals surface area contributed by atoms with Crippen LogP contribution in [0.4, 0.5) is 5.69 Å². The Kier molecular flexibility index (Phi) is 4.57. The highest BCUT2D eigenvalue weighted by Gasteiger charge is 2.27. The Balaban J connectivity index is 3.40. The second-order valence-electron chi connectivity index (χ2n) is 5.18. The van der Waals surface area contributed by atoms with Crippen molar-refractivity contribution in [3.05, 3.63) is 28.2 Å². The molecule has 0 aliphatic carbocycles. The zero-order chi connectivity index (χ0) is 14.8. The van der Waals surface area contributed by atoms with Crippen LogP contribution < -0.4 is 10.6 Å². The average molecular weight is 329 g/mol. The van der Waals surface area contributed by atoms with Crippen LogP contribution in [-0.4, -0.2) is 29.1 Å². The summed E-state index contributed by atoms with van der Waals surface area (Å²) in [5.74, 6) is -1.55. The molecule has 0 unspecified atom stereocenters. The summed E-state index contributed by atoms with van der Waals surface area (Å²) < 4.78 is 0.757. The van der Waals surface area contributed by atoms with Crippen molar-refractivity contribution < 1.29 is 14.7 Å². The smallest absolute Gasteiger partial charge is 0.323 e. The van der Waals surface area contributed by atoms with Gasteiger partial charge < -0.3 is 15.7 Å². The Morgan fingerprint density at radius 3 is 2.37 bits per heavy atom. The van der Waals surface area contributed by atoms with Gasteiger partial charge in [0.2, 0.25) is 0 Å². The van der Waals surface area contributed by atoms with E-state index in [4.69, 9.17) is 10.8 Å². The normalized spacial score (nSPS) is 11.2. The highest BCUT2D eigenvalue weighted by atomic mass is 79.9. The minimum Gasteiger partial charge on any atom is -0.480 e. The van der Waals surface area contributed by atoms with Crippen LogP contribution >= 0.6 is 15.9 Å². The van der Waals surface area contributed by atoms with Gasteiger partial charge in [0, 0.05) is 10.0 Å². The van der Waals surface area contributed by atoms with Crippen LogP contribution in [0.15, 0.2) is 22.7 Å². The maximum atomic E-state index is 11.5. The number of carboxylic acids is 1. The van der Waals surface area contributed by atoms with Gasteiger partial charge in [-0.3, -0.25) is 9.59 Å². The van der Waals surface area contributed by atoms with Crippen LogP contribution in [0.25, 0.3) is 0 Å². The first-order valence-electron chi connectivity index (χ1n) is 5.71. The minimum absolute atomic E-state index is 0.208. The Morgan fingerprint density at radius 2 is 1.95 bits per heavy atom. The third-order valence-corrected chi connectivity index (χ3v) is 3.11. The van der Waals surface area contributed by atoms with E-state index < -0.39 is 17.4 Å². The maximum Gasteiger partial charge on any atom is 0.323 e. The molecule has 0 aromatic heterocycles. The molecule has 6 heteroatoms. The van der Waals surface area contributed by atoms with Gasteiger partial charge in [0.05, 0.1) is 11.3 Å². The third kappa shape index (κ3) is 3.96. The molecule has 0 spiro atoms. The van der Waals surface area contributed by atoms with E-state index >= 15 is 0 Å². The fourth-order valence-corrected chi connectivity index (χ4v) is 2.10. The highest BCUT2D eigenvalue weighted by Crippen LogP contribution is 2.30. The lowest BCUT2D eigenvalue weighted by Crippen LogP contribution is -2.45. The van der Waals surface area contributed by atoms with Crippen LogP contribution in [0.2, 0.25) is 0 Å². The Labute approximate surface area is 120 Å². The van der Waals surface area contributed by atoms with E-state index in [1.54, 1.807) is 23.1 Å². The second kappa shape index (κ2) is 5.61. The Hall–Kier alpha value is -1.56. The number of hydrogen-bond donors (Lipinski definition) is 2. The standard InChI is InChI=1S/C13H17BrN2O3/c1-13(2,3)16(7-11(17)18)10-6-8(14)4-5-9(10)12(15)19/h4-6H,7H2,1-3H3,(H2,15,19)(H,17,18). The van der Waals surface area contributed by atoms with Crippen LogP contribution in [-0.2, 0) is 4.79 Å². The molecule has 1 aromatic carbocycles. The van der Waals surface area contributed by atoms with Gasteiger partial charge in [-0.25, -0.2) is 0 Å². The summed E-state index contributed by atoms with van der Waals surface area (Å²) in [4.78, 5) is 24.1. The van der Waals surface area contributed by atoms with E-state index in [2.05, 4.69) is 15.9 Å². The number of nitrogens with two attached hydrogens (primary N) is 1. The van der Waals surface area contributed by atoms with Crippen molar-refractivity contribution in [2.24, 2.45) is 5.73 Å². The molecule has 5 nitrogen and oxygen atoms in total. The number of rotatable bonds is 4. The summed E-state index contributed by atoms with van der Waals surface area (Å²) in [5, 5.41) is 9.04. The van der Waals surface area contributed by atoms with Gasteiger partial charge in [-0.15, -0.1) is 0 Å². The van der Waals surface area contributed by atoms with E-state index in [0.717, 1.165) is 4.47 Å². The molecule has 19 heavy (non-hydrogen) atoms. The first-order chi connectivity index (χ1) is 8.62. The topological polar surface area (TPSA) is 83.6 Å². The summed E-state index contributed by atoms with van der Waals surface area (Å²) in [6.07, 6.45) is 0. The van der Waals surface area contributed by atoms with Crippen LogP contribution in [0.5, 0.6) is 0 Å². The predicted octanol–water partition coefficient (Wildman–Crippen LogP) is 2.24. The first-order valence-corrected chi connectivity index (χ1v) is 6.51. The molecular formula is C13H17BrN2O3. The van der Waals surface area contributed by atoms with E-state index in [9.17, 15) is 9.59 Å². The zero-order valence-electron chi connectivity index (χ0n) is 11.1. The highest BCUT2D eigenvalue weighted by molar-refractivity contribution is 9.10. The maximum absolute atomic E-state index is 11.5. The van der Waals surface area contributed by atoms with Crippen molar-refractivity contribution >= 4 is 33.5 Å². The number of anilines is 1. The number of carbonyl (C=O) groups is 2. The SMILES string of the molecule is CC(C)(C)N(CC(=O)O)c1cc(Br)ccc1C(N)=O. The van der Waals surface area contributed by atoms with Crippen molar-refractivity contribution in [2.45, 2.75) is 26.3 Å². The molecule has 104 valence electrons. The van der Waals surface area contributed by atoms with Gasteiger partial charge in [-0.2, -0.15) is 0 Å². The van der Waals surface area contributed by atoms with Gasteiger partial charge in [0.15, 0.2) is 0 Å². The Bertz CT molecular complexity index is 509. The molecule has 1 rings (SSSR count). The van der Waals surface area contributed by atoms with Gasteiger partial charge in [-0.1, -0.05) is 15.9 Å². The molecule has 0 bridgehead atoms. The number of carbonyl (C=O) groups excluding carboxylic acids is 1. The molecule has 0 heterocycles. The van der Waals surface area contributed by atoms with Crippen molar-refractivity contribution in [1.29, 1.82) is 0 Å². The minimum atomic E-state index is -0.967. The molecule has 0 aliphatic heterocycles. The summed E-state index contributed by atoms with van der Waals surface area (Å²) in [6, 6.07) is 4.99. The number of aliphatic carboxylic acids is 1. The number of amides is 1. The van der Waals surface area contributed by atoms with E-state index in [1.807, 2.05) is 20.8 Å². The molecule has 3 N–H and O–H groups in total. The molecular weight excluding hydrogens is 312 g/mol. The number of halogens is 1. The van der Waals surface area contributed by atoms with Gasteiger partial charge >= 0.3 is 5.97 Å². The fourth-order valence-electron chi connectivity index (χ4n) is 1.76. The summed E-state index contributed by atoms with van der Waals surface area (Å²) in [7, 11) is 0. The molecule has 0 radical (unpaired) electrons. The lowest BCUT2D eigenvalue weighted by Gasteiger charge is -2.37.